The molecule has 82 valence electrons. The van der Waals surface area contributed by atoms with Crippen molar-refractivity contribution in [2.75, 3.05) is 0 Å². The van der Waals surface area contributed by atoms with Crippen LogP contribution >= 0.6 is 0 Å². The highest BCUT2D eigenvalue weighted by molar-refractivity contribution is 5.79. The van der Waals surface area contributed by atoms with Crippen molar-refractivity contribution in [2.24, 2.45) is 11.3 Å². The van der Waals surface area contributed by atoms with Crippen LogP contribution in [0.2, 0.25) is 0 Å². The standard InChI is InChI=1S/C16H18/c1-12-15(13-8-4-3-5-9-13)14-10-6-7-11-16(12,14)2/h3-9,14H,10-11H2,1-2H3/t14-,16+/m0/s1. The molecule has 1 aromatic carbocycles. The molecule has 2 aliphatic rings. The first kappa shape index (κ1) is 9.89. The molecule has 0 spiro atoms. The summed E-state index contributed by atoms with van der Waals surface area (Å²) in [6.45, 7) is 4.74. The minimum absolute atomic E-state index is 0.444. The second kappa shape index (κ2) is 3.35. The third-order valence-corrected chi connectivity index (χ3v) is 4.54. The van der Waals surface area contributed by atoms with Gasteiger partial charge in [-0.2, -0.15) is 0 Å². The summed E-state index contributed by atoms with van der Waals surface area (Å²) in [6.07, 6.45) is 7.14. The fourth-order valence-electron chi connectivity index (χ4n) is 3.34. The number of rotatable bonds is 1. The van der Waals surface area contributed by atoms with Gasteiger partial charge in [-0.3, -0.25) is 0 Å². The Morgan fingerprint density at radius 1 is 1.12 bits per heavy atom. The molecule has 0 aliphatic heterocycles. The van der Waals surface area contributed by atoms with Crippen molar-refractivity contribution in [3.63, 3.8) is 0 Å². The van der Waals surface area contributed by atoms with Crippen molar-refractivity contribution in [2.45, 2.75) is 26.7 Å². The third kappa shape index (κ3) is 1.16. The first-order valence-corrected chi connectivity index (χ1v) is 6.15. The Kier molecular flexibility index (Phi) is 2.07. The van der Waals surface area contributed by atoms with E-state index in [9.17, 15) is 0 Å². The van der Waals surface area contributed by atoms with E-state index in [2.05, 4.69) is 56.3 Å². The van der Waals surface area contributed by atoms with E-state index < -0.39 is 0 Å². The predicted molar refractivity (Wildman–Crippen MR) is 69.0 cm³/mol. The van der Waals surface area contributed by atoms with Crippen LogP contribution in [0.15, 0.2) is 48.1 Å². The minimum atomic E-state index is 0.444. The smallest absolute Gasteiger partial charge is 0.000677 e. The summed E-state index contributed by atoms with van der Waals surface area (Å²) in [5, 5.41) is 0. The van der Waals surface area contributed by atoms with Gasteiger partial charge in [0.2, 0.25) is 0 Å². The van der Waals surface area contributed by atoms with Crippen LogP contribution in [0.1, 0.15) is 32.3 Å². The molecule has 1 aromatic rings. The molecule has 0 unspecified atom stereocenters. The second-order valence-electron chi connectivity index (χ2n) is 5.29. The van der Waals surface area contributed by atoms with Crippen LogP contribution in [-0.2, 0) is 0 Å². The molecule has 0 saturated heterocycles. The van der Waals surface area contributed by atoms with E-state index in [0.717, 1.165) is 5.92 Å². The van der Waals surface area contributed by atoms with Gasteiger partial charge in [0.05, 0.1) is 0 Å². The highest BCUT2D eigenvalue weighted by atomic mass is 14.5. The molecule has 0 radical (unpaired) electrons. The molecule has 2 atom stereocenters. The van der Waals surface area contributed by atoms with Gasteiger partial charge in [0, 0.05) is 0 Å². The number of fused-ring (bicyclic) bond motifs is 1. The topological polar surface area (TPSA) is 0 Å². The van der Waals surface area contributed by atoms with E-state index in [1.807, 2.05) is 0 Å². The molecular weight excluding hydrogens is 192 g/mol. The maximum absolute atomic E-state index is 2.42. The fourth-order valence-corrected chi connectivity index (χ4v) is 3.34. The predicted octanol–water partition coefficient (Wildman–Crippen LogP) is 4.45. The second-order valence-corrected chi connectivity index (χ2v) is 5.29. The van der Waals surface area contributed by atoms with Crippen molar-refractivity contribution >= 4 is 5.57 Å². The lowest BCUT2D eigenvalue weighted by atomic mass is 9.52. The number of benzene rings is 1. The quantitative estimate of drug-likeness (QED) is 0.601. The fraction of sp³-hybridized carbons (Fsp3) is 0.375. The monoisotopic (exact) mass is 210 g/mol. The Hall–Kier alpha value is -1.30. The van der Waals surface area contributed by atoms with E-state index in [-0.39, 0.29) is 0 Å². The van der Waals surface area contributed by atoms with E-state index in [4.69, 9.17) is 0 Å². The molecule has 0 saturated carbocycles. The molecule has 0 N–H and O–H groups in total. The molecule has 2 aliphatic carbocycles. The van der Waals surface area contributed by atoms with Gasteiger partial charge >= 0.3 is 0 Å². The Balaban J connectivity index is 2.05. The Labute approximate surface area is 97.7 Å². The van der Waals surface area contributed by atoms with Crippen molar-refractivity contribution in [3.8, 4) is 0 Å². The number of allylic oxidation sites excluding steroid dienone is 4. The summed E-state index contributed by atoms with van der Waals surface area (Å²) in [5.74, 6) is 0.750. The van der Waals surface area contributed by atoms with Gasteiger partial charge in [-0.05, 0) is 42.2 Å². The molecule has 0 aromatic heterocycles. The van der Waals surface area contributed by atoms with Crippen LogP contribution in [0.25, 0.3) is 5.57 Å². The van der Waals surface area contributed by atoms with Gasteiger partial charge in [0.15, 0.2) is 0 Å². The molecular formula is C16H18. The van der Waals surface area contributed by atoms with Gasteiger partial charge in [-0.25, -0.2) is 0 Å². The van der Waals surface area contributed by atoms with Gasteiger partial charge in [-0.1, -0.05) is 55.0 Å². The SMILES string of the molecule is CC1=C(c2ccccc2)[C@@H]2CC=CC[C@]12C. The molecule has 0 nitrogen and oxygen atoms in total. The lowest BCUT2D eigenvalue weighted by molar-refractivity contribution is 0.247. The van der Waals surface area contributed by atoms with Gasteiger partial charge in [-0.15, -0.1) is 0 Å². The van der Waals surface area contributed by atoms with Crippen molar-refractivity contribution in [3.05, 3.63) is 53.6 Å². The zero-order chi connectivity index (χ0) is 11.2. The molecule has 0 fully saturated rings. The summed E-state index contributed by atoms with van der Waals surface area (Å²) >= 11 is 0. The molecule has 0 bridgehead atoms. The average molecular weight is 210 g/mol. The van der Waals surface area contributed by atoms with Gasteiger partial charge in [0.1, 0.15) is 0 Å². The van der Waals surface area contributed by atoms with Crippen LogP contribution in [0.5, 0.6) is 0 Å². The molecule has 0 amide bonds. The maximum atomic E-state index is 2.42. The van der Waals surface area contributed by atoms with Crippen molar-refractivity contribution in [1.82, 2.24) is 0 Å². The summed E-state index contributed by atoms with van der Waals surface area (Å²) in [4.78, 5) is 0. The number of hydrogen-bond donors (Lipinski definition) is 0. The normalized spacial score (nSPS) is 32.2. The first-order chi connectivity index (χ1) is 7.73. The van der Waals surface area contributed by atoms with Crippen molar-refractivity contribution in [1.29, 1.82) is 0 Å². The van der Waals surface area contributed by atoms with Crippen LogP contribution in [-0.4, -0.2) is 0 Å². The number of hydrogen-bond acceptors (Lipinski definition) is 0. The maximum Gasteiger partial charge on any atom is -0.000677 e. The van der Waals surface area contributed by atoms with Crippen molar-refractivity contribution < 1.29 is 0 Å². The first-order valence-electron chi connectivity index (χ1n) is 6.15. The summed E-state index contributed by atoms with van der Waals surface area (Å²) in [5.41, 5.74) is 5.08. The molecule has 16 heavy (non-hydrogen) atoms. The molecule has 0 heteroatoms. The Morgan fingerprint density at radius 3 is 2.62 bits per heavy atom. The Bertz CT molecular complexity index is 464. The van der Waals surface area contributed by atoms with E-state index in [1.165, 1.54) is 18.4 Å². The summed E-state index contributed by atoms with van der Waals surface area (Å²) in [7, 11) is 0. The van der Waals surface area contributed by atoms with E-state index in [0.29, 0.717) is 5.41 Å². The Morgan fingerprint density at radius 2 is 1.88 bits per heavy atom. The van der Waals surface area contributed by atoms with E-state index in [1.54, 1.807) is 11.1 Å². The summed E-state index contributed by atoms with van der Waals surface area (Å²) in [6, 6.07) is 10.9. The van der Waals surface area contributed by atoms with Gasteiger partial charge < -0.3 is 0 Å². The lowest BCUT2D eigenvalue weighted by Gasteiger charge is -2.52. The highest BCUT2D eigenvalue weighted by Gasteiger charge is 2.47. The lowest BCUT2D eigenvalue weighted by Crippen LogP contribution is -2.40. The zero-order valence-corrected chi connectivity index (χ0v) is 10.0. The highest BCUT2D eigenvalue weighted by Crippen LogP contribution is 2.60. The molecule has 0 heterocycles. The minimum Gasteiger partial charge on any atom is -0.0879 e. The van der Waals surface area contributed by atoms with Crippen LogP contribution in [0.4, 0.5) is 0 Å². The van der Waals surface area contributed by atoms with Crippen LogP contribution < -0.4 is 0 Å². The molecule has 3 rings (SSSR count). The van der Waals surface area contributed by atoms with E-state index >= 15 is 0 Å². The van der Waals surface area contributed by atoms with Crippen LogP contribution in [0, 0.1) is 11.3 Å². The largest absolute Gasteiger partial charge is 0.0879 e. The average Bonchev–Trinajstić information content (AvgIpc) is 2.33. The zero-order valence-electron chi connectivity index (χ0n) is 10.0. The van der Waals surface area contributed by atoms with Crippen LogP contribution in [0.3, 0.4) is 0 Å². The summed E-state index contributed by atoms with van der Waals surface area (Å²) < 4.78 is 0. The third-order valence-electron chi connectivity index (χ3n) is 4.54. The van der Waals surface area contributed by atoms with Gasteiger partial charge in [0.25, 0.3) is 0 Å².